The molecule has 2 aromatic rings. The maximum Gasteiger partial charge on any atom is 0.216 e. The quantitative estimate of drug-likeness (QED) is 0.610. The molecule has 106 valence electrons. The molecule has 0 heterocycles. The molecular formula is C19H20OSi. The lowest BCUT2D eigenvalue weighted by molar-refractivity contribution is -0.114. The van der Waals surface area contributed by atoms with Crippen LogP contribution in [0.25, 0.3) is 0 Å². The maximum atomic E-state index is 12.6. The van der Waals surface area contributed by atoms with Crippen LogP contribution < -0.4 is 0 Å². The molecular weight excluding hydrogens is 272 g/mol. The predicted octanol–water partition coefficient (Wildman–Crippen LogP) is 4.27. The zero-order valence-electron chi connectivity index (χ0n) is 12.8. The lowest BCUT2D eigenvalue weighted by Gasteiger charge is -2.14. The number of rotatable bonds is 3. The third kappa shape index (κ3) is 4.44. The van der Waals surface area contributed by atoms with Crippen molar-refractivity contribution in [2.24, 2.45) is 0 Å². The topological polar surface area (TPSA) is 17.1 Å². The summed E-state index contributed by atoms with van der Waals surface area (Å²) in [5, 5.41) is 0. The number of hydrogen-bond donors (Lipinski definition) is 0. The van der Waals surface area contributed by atoms with Crippen LogP contribution in [0, 0.1) is 11.5 Å². The summed E-state index contributed by atoms with van der Waals surface area (Å²) in [6.07, 6.45) is 0. The van der Waals surface area contributed by atoms with E-state index in [0.29, 0.717) is 0 Å². The Balaban J connectivity index is 2.42. The number of carbonyl (C=O) groups is 1. The van der Waals surface area contributed by atoms with Gasteiger partial charge < -0.3 is 0 Å². The molecule has 0 amide bonds. The fraction of sp³-hybridized carbons (Fsp3) is 0.211. The van der Waals surface area contributed by atoms with Crippen LogP contribution in [-0.2, 0) is 4.79 Å². The van der Waals surface area contributed by atoms with E-state index in [0.717, 1.165) is 11.1 Å². The largest absolute Gasteiger partial charge is 0.284 e. The van der Waals surface area contributed by atoms with Crippen molar-refractivity contribution in [3.63, 3.8) is 0 Å². The smallest absolute Gasteiger partial charge is 0.216 e. The molecule has 0 aliphatic heterocycles. The number of benzene rings is 2. The highest BCUT2D eigenvalue weighted by atomic mass is 28.3. The minimum absolute atomic E-state index is 0.0187. The van der Waals surface area contributed by atoms with E-state index in [-0.39, 0.29) is 11.7 Å². The van der Waals surface area contributed by atoms with Gasteiger partial charge in [0.05, 0.1) is 5.92 Å². The van der Waals surface area contributed by atoms with Crippen molar-refractivity contribution >= 4 is 13.9 Å². The van der Waals surface area contributed by atoms with Crippen LogP contribution >= 0.6 is 0 Å². The first-order chi connectivity index (χ1) is 9.97. The maximum absolute atomic E-state index is 12.6. The predicted molar refractivity (Wildman–Crippen MR) is 90.9 cm³/mol. The van der Waals surface area contributed by atoms with Gasteiger partial charge in [0.1, 0.15) is 8.07 Å². The Morgan fingerprint density at radius 3 is 1.67 bits per heavy atom. The summed E-state index contributed by atoms with van der Waals surface area (Å²) in [5.41, 5.74) is 5.18. The molecule has 0 fully saturated rings. The number of carbonyl (C=O) groups excluding carboxylic acids is 1. The normalized spacial score (nSPS) is 10.9. The molecule has 1 nitrogen and oxygen atoms in total. The van der Waals surface area contributed by atoms with Gasteiger partial charge in [-0.15, -0.1) is 5.54 Å². The average molecular weight is 292 g/mol. The summed E-state index contributed by atoms with van der Waals surface area (Å²) in [7, 11) is -1.55. The molecule has 2 heteroatoms. The van der Waals surface area contributed by atoms with Gasteiger partial charge in [0.2, 0.25) is 5.78 Å². The minimum Gasteiger partial charge on any atom is -0.284 e. The van der Waals surface area contributed by atoms with Gasteiger partial charge in [0.25, 0.3) is 0 Å². The standard InChI is InChI=1S/C19H20OSi/c1-21(2,3)15-14-18(20)19(16-10-6-4-7-11-16)17-12-8-5-9-13-17/h4-13,19H,1-3H3. The molecule has 0 aromatic heterocycles. The molecule has 0 saturated heterocycles. The highest BCUT2D eigenvalue weighted by Crippen LogP contribution is 2.25. The Hall–Kier alpha value is -2.11. The van der Waals surface area contributed by atoms with Gasteiger partial charge in [0.15, 0.2) is 0 Å². The molecule has 0 radical (unpaired) electrons. The lowest BCUT2D eigenvalue weighted by Crippen LogP contribution is -2.19. The molecule has 0 N–H and O–H groups in total. The Morgan fingerprint density at radius 1 is 0.857 bits per heavy atom. The molecule has 0 unspecified atom stereocenters. The van der Waals surface area contributed by atoms with Crippen LogP contribution in [0.15, 0.2) is 60.7 Å². The van der Waals surface area contributed by atoms with Crippen molar-refractivity contribution in [2.75, 3.05) is 0 Å². The summed E-state index contributed by atoms with van der Waals surface area (Å²) >= 11 is 0. The van der Waals surface area contributed by atoms with Gasteiger partial charge in [-0.25, -0.2) is 0 Å². The Labute approximate surface area is 128 Å². The van der Waals surface area contributed by atoms with Crippen LogP contribution in [0.2, 0.25) is 19.6 Å². The first kappa shape index (κ1) is 15.3. The number of Topliss-reactive ketones (excluding diaryl/α,β-unsaturated/α-hetero) is 1. The highest BCUT2D eigenvalue weighted by molar-refractivity contribution is 6.84. The number of ketones is 1. The third-order valence-electron chi connectivity index (χ3n) is 3.09. The number of hydrogen-bond acceptors (Lipinski definition) is 1. The van der Waals surface area contributed by atoms with Crippen LogP contribution in [0.4, 0.5) is 0 Å². The van der Waals surface area contributed by atoms with Gasteiger partial charge in [0, 0.05) is 0 Å². The van der Waals surface area contributed by atoms with Gasteiger partial charge in [-0.1, -0.05) is 80.3 Å². The Morgan fingerprint density at radius 2 is 1.29 bits per heavy atom. The zero-order valence-corrected chi connectivity index (χ0v) is 13.8. The van der Waals surface area contributed by atoms with Crippen LogP contribution in [0.1, 0.15) is 17.0 Å². The van der Waals surface area contributed by atoms with E-state index in [9.17, 15) is 4.79 Å². The van der Waals surface area contributed by atoms with Crippen molar-refractivity contribution in [1.82, 2.24) is 0 Å². The van der Waals surface area contributed by atoms with Crippen LogP contribution in [-0.4, -0.2) is 13.9 Å². The molecule has 2 rings (SSSR count). The molecule has 21 heavy (non-hydrogen) atoms. The van der Waals surface area contributed by atoms with E-state index in [1.54, 1.807) is 0 Å². The third-order valence-corrected chi connectivity index (χ3v) is 3.96. The van der Waals surface area contributed by atoms with Crippen molar-refractivity contribution in [1.29, 1.82) is 0 Å². The van der Waals surface area contributed by atoms with E-state index in [1.165, 1.54) is 0 Å². The fourth-order valence-electron chi connectivity index (χ4n) is 2.11. The summed E-state index contributed by atoms with van der Waals surface area (Å²) in [6.45, 7) is 6.44. The summed E-state index contributed by atoms with van der Waals surface area (Å²) in [6, 6.07) is 19.7. The van der Waals surface area contributed by atoms with Gasteiger partial charge in [-0.05, 0) is 17.0 Å². The first-order valence-electron chi connectivity index (χ1n) is 7.14. The second-order valence-corrected chi connectivity index (χ2v) is 10.9. The van der Waals surface area contributed by atoms with Crippen molar-refractivity contribution in [2.45, 2.75) is 25.6 Å². The van der Waals surface area contributed by atoms with Crippen LogP contribution in [0.3, 0.4) is 0 Å². The second kappa shape index (κ2) is 6.56. The van der Waals surface area contributed by atoms with Gasteiger partial charge in [-0.3, -0.25) is 4.79 Å². The fourth-order valence-corrected chi connectivity index (χ4v) is 2.61. The first-order valence-corrected chi connectivity index (χ1v) is 10.6. The summed E-state index contributed by atoms with van der Waals surface area (Å²) in [5.74, 6) is 2.58. The van der Waals surface area contributed by atoms with E-state index < -0.39 is 8.07 Å². The van der Waals surface area contributed by atoms with Gasteiger partial charge >= 0.3 is 0 Å². The van der Waals surface area contributed by atoms with Crippen LogP contribution in [0.5, 0.6) is 0 Å². The molecule has 0 bridgehead atoms. The monoisotopic (exact) mass is 292 g/mol. The zero-order chi connectivity index (χ0) is 15.3. The van der Waals surface area contributed by atoms with E-state index >= 15 is 0 Å². The van der Waals surface area contributed by atoms with Crippen molar-refractivity contribution in [3.8, 4) is 11.5 Å². The Bertz CT molecular complexity index is 618. The van der Waals surface area contributed by atoms with E-state index in [2.05, 4.69) is 31.1 Å². The van der Waals surface area contributed by atoms with Crippen molar-refractivity contribution < 1.29 is 4.79 Å². The highest BCUT2D eigenvalue weighted by Gasteiger charge is 2.21. The summed E-state index contributed by atoms with van der Waals surface area (Å²) < 4.78 is 0. The summed E-state index contributed by atoms with van der Waals surface area (Å²) in [4.78, 5) is 12.6. The van der Waals surface area contributed by atoms with Gasteiger partial charge in [-0.2, -0.15) is 0 Å². The average Bonchev–Trinajstić information content (AvgIpc) is 2.47. The molecule has 0 spiro atoms. The lowest BCUT2D eigenvalue weighted by atomic mass is 9.88. The molecule has 2 aromatic carbocycles. The molecule has 0 saturated carbocycles. The van der Waals surface area contributed by atoms with Crippen molar-refractivity contribution in [3.05, 3.63) is 71.8 Å². The van der Waals surface area contributed by atoms with E-state index in [4.69, 9.17) is 0 Å². The Kier molecular flexibility index (Phi) is 4.77. The van der Waals surface area contributed by atoms with E-state index in [1.807, 2.05) is 60.7 Å². The minimum atomic E-state index is -1.55. The second-order valence-electron chi connectivity index (χ2n) is 6.12. The molecule has 0 aliphatic carbocycles. The molecule has 0 atom stereocenters. The molecule has 0 aliphatic rings. The SMILES string of the molecule is C[Si](C)(C)C#CC(=O)C(c1ccccc1)c1ccccc1.